The van der Waals surface area contributed by atoms with Crippen molar-refractivity contribution in [2.24, 2.45) is 0 Å². The molecule has 2 unspecified atom stereocenters. The first-order valence-electron chi connectivity index (χ1n) is 8.73. The molecule has 1 fully saturated rings. The number of hydrogen-bond donors (Lipinski definition) is 1. The van der Waals surface area contributed by atoms with Crippen molar-refractivity contribution in [3.05, 3.63) is 18.2 Å². The fraction of sp³-hybridized carbons (Fsp3) is 0.611. The maximum atomic E-state index is 12.6. The average Bonchev–Trinajstić information content (AvgIpc) is 2.61. The van der Waals surface area contributed by atoms with Gasteiger partial charge >= 0.3 is 0 Å². The number of anilines is 1. The number of hydrogen-bond acceptors (Lipinski definition) is 5. The quantitative estimate of drug-likeness (QED) is 0.895. The molecule has 2 heterocycles. The minimum absolute atomic E-state index is 0.0103. The summed E-state index contributed by atoms with van der Waals surface area (Å²) >= 11 is 0. The Morgan fingerprint density at radius 1 is 1.38 bits per heavy atom. The van der Waals surface area contributed by atoms with E-state index in [-0.39, 0.29) is 18.1 Å². The second-order valence-electron chi connectivity index (χ2n) is 6.24. The van der Waals surface area contributed by atoms with Crippen LogP contribution in [0.15, 0.2) is 18.2 Å². The van der Waals surface area contributed by atoms with E-state index >= 15 is 0 Å². The number of fused-ring (bicyclic) bond motifs is 1. The first-order valence-corrected chi connectivity index (χ1v) is 8.73. The van der Waals surface area contributed by atoms with Crippen LogP contribution in [0.4, 0.5) is 5.69 Å². The number of carbonyl (C=O) groups is 1. The average molecular weight is 334 g/mol. The lowest BCUT2D eigenvalue weighted by Gasteiger charge is -2.35. The van der Waals surface area contributed by atoms with E-state index in [0.717, 1.165) is 44.0 Å². The highest BCUT2D eigenvalue weighted by Crippen LogP contribution is 2.32. The van der Waals surface area contributed by atoms with E-state index in [9.17, 15) is 4.79 Å². The number of rotatable bonds is 5. The van der Waals surface area contributed by atoms with E-state index in [1.807, 2.05) is 32.0 Å². The Morgan fingerprint density at radius 2 is 2.17 bits per heavy atom. The number of piperidine rings is 1. The fourth-order valence-corrected chi connectivity index (χ4v) is 3.22. The number of nitrogens with zero attached hydrogens (tertiary/aromatic N) is 1. The number of ether oxygens (including phenoxy) is 3. The standard InChI is InChI=1S/C18H26N2O4/c1-3-22-15-5-4-8-20(12-15)13(2)18(21)19-14-6-7-16-17(11-14)24-10-9-23-16/h6-7,11,13,15H,3-5,8-10,12H2,1-2H3,(H,19,21). The van der Waals surface area contributed by atoms with E-state index in [2.05, 4.69) is 10.2 Å². The van der Waals surface area contributed by atoms with Crippen LogP contribution >= 0.6 is 0 Å². The second-order valence-corrected chi connectivity index (χ2v) is 6.24. The molecule has 1 saturated heterocycles. The van der Waals surface area contributed by atoms with Crippen LogP contribution in [0.3, 0.4) is 0 Å². The Kier molecular flexibility index (Phi) is 5.58. The lowest BCUT2D eigenvalue weighted by atomic mass is 10.1. The Bertz CT molecular complexity index is 576. The van der Waals surface area contributed by atoms with Crippen molar-refractivity contribution >= 4 is 11.6 Å². The summed E-state index contributed by atoms with van der Waals surface area (Å²) in [7, 11) is 0. The van der Waals surface area contributed by atoms with Crippen LogP contribution in [0.1, 0.15) is 26.7 Å². The van der Waals surface area contributed by atoms with Crippen LogP contribution in [-0.2, 0) is 9.53 Å². The molecule has 2 aliphatic heterocycles. The van der Waals surface area contributed by atoms with E-state index < -0.39 is 0 Å². The molecule has 0 aromatic heterocycles. The third kappa shape index (κ3) is 3.99. The molecule has 1 amide bonds. The minimum atomic E-state index is -0.193. The molecule has 1 N–H and O–H groups in total. The van der Waals surface area contributed by atoms with Crippen LogP contribution in [0, 0.1) is 0 Å². The molecule has 0 saturated carbocycles. The number of amides is 1. The Balaban J connectivity index is 1.59. The van der Waals surface area contributed by atoms with Gasteiger partial charge in [-0.25, -0.2) is 0 Å². The smallest absolute Gasteiger partial charge is 0.241 e. The van der Waals surface area contributed by atoms with Crippen molar-refractivity contribution in [2.75, 3.05) is 38.2 Å². The normalized spacial score (nSPS) is 22.0. The van der Waals surface area contributed by atoms with Crippen molar-refractivity contribution in [1.29, 1.82) is 0 Å². The molecule has 0 radical (unpaired) electrons. The molecule has 6 nitrogen and oxygen atoms in total. The largest absolute Gasteiger partial charge is 0.486 e. The molecular formula is C18H26N2O4. The Morgan fingerprint density at radius 3 is 2.96 bits per heavy atom. The van der Waals surface area contributed by atoms with Gasteiger partial charge in [0.25, 0.3) is 0 Å². The molecule has 24 heavy (non-hydrogen) atoms. The van der Waals surface area contributed by atoms with Crippen molar-refractivity contribution < 1.29 is 19.0 Å². The van der Waals surface area contributed by atoms with Crippen LogP contribution in [0.25, 0.3) is 0 Å². The number of carbonyl (C=O) groups excluding carboxylic acids is 1. The third-order valence-electron chi connectivity index (χ3n) is 4.55. The summed E-state index contributed by atoms with van der Waals surface area (Å²) in [5, 5.41) is 2.98. The summed E-state index contributed by atoms with van der Waals surface area (Å²) in [5.41, 5.74) is 0.731. The predicted octanol–water partition coefficient (Wildman–Crippen LogP) is 2.29. The van der Waals surface area contributed by atoms with Gasteiger partial charge < -0.3 is 19.5 Å². The van der Waals surface area contributed by atoms with Gasteiger partial charge in [-0.2, -0.15) is 0 Å². The summed E-state index contributed by atoms with van der Waals surface area (Å²) in [4.78, 5) is 14.8. The zero-order valence-corrected chi connectivity index (χ0v) is 14.4. The number of likely N-dealkylation sites (tertiary alicyclic amines) is 1. The summed E-state index contributed by atoms with van der Waals surface area (Å²) in [6.45, 7) is 7.51. The minimum Gasteiger partial charge on any atom is -0.486 e. The molecule has 3 rings (SSSR count). The zero-order valence-electron chi connectivity index (χ0n) is 14.4. The highest BCUT2D eigenvalue weighted by Gasteiger charge is 2.27. The predicted molar refractivity (Wildman–Crippen MR) is 91.7 cm³/mol. The SMILES string of the molecule is CCOC1CCCN(C(C)C(=O)Nc2ccc3c(c2)OCCO3)C1. The van der Waals surface area contributed by atoms with Crippen LogP contribution in [0.5, 0.6) is 11.5 Å². The highest BCUT2D eigenvalue weighted by molar-refractivity contribution is 5.94. The van der Waals surface area contributed by atoms with Crippen LogP contribution < -0.4 is 14.8 Å². The summed E-state index contributed by atoms with van der Waals surface area (Å²) in [6, 6.07) is 5.30. The van der Waals surface area contributed by atoms with E-state index in [4.69, 9.17) is 14.2 Å². The van der Waals surface area contributed by atoms with Crippen molar-refractivity contribution in [3.63, 3.8) is 0 Å². The monoisotopic (exact) mass is 334 g/mol. The number of nitrogens with one attached hydrogen (secondary N) is 1. The van der Waals surface area contributed by atoms with Gasteiger partial charge in [0.05, 0.1) is 12.1 Å². The van der Waals surface area contributed by atoms with Crippen LogP contribution in [-0.4, -0.2) is 55.9 Å². The maximum Gasteiger partial charge on any atom is 0.241 e. The lowest BCUT2D eigenvalue weighted by molar-refractivity contribution is -0.122. The van der Waals surface area contributed by atoms with Gasteiger partial charge in [-0.1, -0.05) is 0 Å². The first kappa shape index (κ1) is 17.0. The van der Waals surface area contributed by atoms with Gasteiger partial charge in [0.15, 0.2) is 11.5 Å². The molecule has 6 heteroatoms. The zero-order chi connectivity index (χ0) is 16.9. The fourth-order valence-electron chi connectivity index (χ4n) is 3.22. The maximum absolute atomic E-state index is 12.6. The van der Waals surface area contributed by atoms with Crippen LogP contribution in [0.2, 0.25) is 0 Å². The molecule has 0 aliphatic carbocycles. The van der Waals surface area contributed by atoms with Crippen molar-refractivity contribution in [2.45, 2.75) is 38.8 Å². The lowest BCUT2D eigenvalue weighted by Crippen LogP contribution is -2.49. The Labute approximate surface area is 143 Å². The summed E-state index contributed by atoms with van der Waals surface area (Å²) < 4.78 is 16.8. The molecule has 2 aliphatic rings. The van der Waals surface area contributed by atoms with E-state index in [1.54, 1.807) is 0 Å². The summed E-state index contributed by atoms with van der Waals surface area (Å²) in [6.07, 6.45) is 2.36. The van der Waals surface area contributed by atoms with Gasteiger partial charge in [0, 0.05) is 24.9 Å². The number of benzene rings is 1. The molecule has 0 spiro atoms. The van der Waals surface area contributed by atoms with Gasteiger partial charge in [-0.3, -0.25) is 9.69 Å². The van der Waals surface area contributed by atoms with E-state index in [0.29, 0.717) is 19.0 Å². The molecule has 1 aromatic rings. The topological polar surface area (TPSA) is 60.0 Å². The molecule has 1 aromatic carbocycles. The molecule has 132 valence electrons. The van der Waals surface area contributed by atoms with Gasteiger partial charge in [0.2, 0.25) is 5.91 Å². The van der Waals surface area contributed by atoms with Gasteiger partial charge in [-0.15, -0.1) is 0 Å². The van der Waals surface area contributed by atoms with Gasteiger partial charge in [0.1, 0.15) is 13.2 Å². The molecule has 0 bridgehead atoms. The van der Waals surface area contributed by atoms with Crippen molar-refractivity contribution in [1.82, 2.24) is 4.90 Å². The molecular weight excluding hydrogens is 308 g/mol. The summed E-state index contributed by atoms with van der Waals surface area (Å²) in [5.74, 6) is 1.40. The van der Waals surface area contributed by atoms with Crippen molar-refractivity contribution in [3.8, 4) is 11.5 Å². The second kappa shape index (κ2) is 7.85. The van der Waals surface area contributed by atoms with Gasteiger partial charge in [-0.05, 0) is 45.4 Å². The molecule has 2 atom stereocenters. The third-order valence-corrected chi connectivity index (χ3v) is 4.55. The first-order chi connectivity index (χ1) is 11.7. The Hall–Kier alpha value is -1.79. The highest BCUT2D eigenvalue weighted by atomic mass is 16.6. The van der Waals surface area contributed by atoms with E-state index in [1.165, 1.54) is 0 Å².